The predicted molar refractivity (Wildman–Crippen MR) is 442 cm³/mol. The first-order valence-electron chi connectivity index (χ1n) is 43.4. The molecule has 12 saturated heterocycles. The number of nitrogen functional groups attached to an aromatic ring is 2. The smallest absolute Gasteiger partial charge is 0.418 e. The Hall–Kier alpha value is -10.2. The molecule has 0 spiro atoms. The van der Waals surface area contributed by atoms with Crippen molar-refractivity contribution >= 4 is 85.0 Å². The Morgan fingerprint density at radius 2 is 0.798 bits per heavy atom. The second-order valence-corrected chi connectivity index (χ2v) is 37.3. The van der Waals surface area contributed by atoms with Crippen LogP contribution in [-0.4, -0.2) is 243 Å². The van der Waals surface area contributed by atoms with Gasteiger partial charge in [0.1, 0.15) is 140 Å². The summed E-state index contributed by atoms with van der Waals surface area (Å²) < 4.78 is 277. The largest absolute Gasteiger partial charge is 0.461 e. The number of anilines is 7. The standard InChI is InChI=1S/C84H88ClF16N25O3/c1-35-17-47(102)107-64(55(35)82(93,94)95)67-58(89)61-52(70(85)112-67)73(121-26-41-5-6-42(27-121)104-41)118-76(115-61)128-33-80-14-11-50(125(80)24-39(87)21-80)108-48-18-36(2)56(83(96,97)98)65(110-48)68-59(90)62-53(71(92)113-68)74(122-28-43-7-8-44(29-122)105-43)119-77(116-62)129-34-81-15-12-51(126(81)25-40(88)22-81)109-49-19-37(3)57(84(99,100)101)66(111-49)69-60(91)63-54(72(103)114-69)75(123-30-45-9-10-46(31-123)106-45)120-78(117-63)127-32-79-13-4-16-124(79)23-38(86)20-79/h17-19,38-46,50-51,104-106H,4-16,20-34H2,1-3H3,(H2,102,107)(H2,103,114)(H,108,110)(H,109,111)/t38-,39-,40-,41?,42?,43?,44?,45?,46?,50?,51?,79+,80+,81+/m1/s1. The molecular formula is C84H88ClF16N25O3. The van der Waals surface area contributed by atoms with E-state index in [1.165, 1.54) is 0 Å². The van der Waals surface area contributed by atoms with E-state index in [4.69, 9.17) is 47.2 Å². The summed E-state index contributed by atoms with van der Waals surface area (Å²) in [5.41, 5.74) is -4.08. The van der Waals surface area contributed by atoms with E-state index in [0.717, 1.165) is 71.1 Å². The first-order valence-corrected chi connectivity index (χ1v) is 43.8. The molecule has 45 heteroatoms. The summed E-state index contributed by atoms with van der Waals surface area (Å²) in [6, 6.07) is 1.39. The van der Waals surface area contributed by atoms with E-state index in [9.17, 15) is 13.2 Å². The maximum atomic E-state index is 18.3. The number of ether oxygens (including phenoxy) is 3. The van der Waals surface area contributed by atoms with Gasteiger partial charge in [-0.3, -0.25) is 14.7 Å². The van der Waals surface area contributed by atoms with Gasteiger partial charge in [0.05, 0.1) is 56.4 Å². The highest BCUT2D eigenvalue weighted by molar-refractivity contribution is 6.35. The first kappa shape index (κ1) is 85.6. The Bertz CT molecular complexity index is 6020. The molecule has 9 N–H and O–H groups in total. The van der Waals surface area contributed by atoms with Crippen LogP contribution in [0.4, 0.5) is 111 Å². The Morgan fingerprint density at radius 1 is 0.426 bits per heavy atom. The summed E-state index contributed by atoms with van der Waals surface area (Å²) in [4.78, 5) is 63.3. The third kappa shape index (κ3) is 15.0. The minimum atomic E-state index is -5.31. The number of aryl methyl sites for hydroxylation is 3. The van der Waals surface area contributed by atoms with Gasteiger partial charge in [-0.25, -0.2) is 56.2 Å². The fourth-order valence-electron chi connectivity index (χ4n) is 23.0. The maximum Gasteiger partial charge on any atom is 0.418 e. The third-order valence-electron chi connectivity index (χ3n) is 28.4. The van der Waals surface area contributed by atoms with E-state index in [1.54, 1.807) is 14.7 Å². The van der Waals surface area contributed by atoms with E-state index in [2.05, 4.69) is 76.4 Å². The minimum absolute atomic E-state index is 0.0288. The van der Waals surface area contributed by atoms with Gasteiger partial charge in [0.25, 0.3) is 0 Å². The van der Waals surface area contributed by atoms with E-state index >= 15 is 57.1 Å². The average Bonchev–Trinajstić information content (AvgIpc) is 1.73. The zero-order chi connectivity index (χ0) is 89.9. The molecular weight excluding hydrogens is 1750 g/mol. The first-order chi connectivity index (χ1) is 61.4. The van der Waals surface area contributed by atoms with Crippen molar-refractivity contribution in [1.82, 2.24) is 90.5 Å². The van der Waals surface area contributed by atoms with Crippen LogP contribution in [-0.2, 0) is 18.5 Å². The Labute approximate surface area is 730 Å². The molecule has 12 aliphatic heterocycles. The van der Waals surface area contributed by atoms with Crippen LogP contribution in [0.1, 0.15) is 130 Å². The lowest BCUT2D eigenvalue weighted by Gasteiger charge is -2.35. The van der Waals surface area contributed by atoms with Crippen molar-refractivity contribution in [3.05, 3.63) is 80.1 Å². The van der Waals surface area contributed by atoms with Crippen LogP contribution in [0, 0.1) is 44.2 Å². The van der Waals surface area contributed by atoms with Crippen molar-refractivity contribution in [2.24, 2.45) is 0 Å². The quantitative estimate of drug-likeness (QED) is 0.0292. The number of hydrogen-bond acceptors (Lipinski definition) is 28. The molecule has 12 aliphatic rings. The maximum absolute atomic E-state index is 18.3. The van der Waals surface area contributed by atoms with Gasteiger partial charge in [0.2, 0.25) is 5.95 Å². The molecule has 12 fully saturated rings. The number of aromatic nitrogens is 12. The van der Waals surface area contributed by atoms with Gasteiger partial charge < -0.3 is 67.0 Å². The fraction of sp³-hybridized carbons (Fsp3) is 0.571. The van der Waals surface area contributed by atoms with Gasteiger partial charge in [-0.1, -0.05) is 11.6 Å². The molecule has 8 unspecified atom stereocenters. The second kappa shape index (κ2) is 31.3. The minimum Gasteiger partial charge on any atom is -0.461 e. The number of pyridine rings is 6. The Balaban J connectivity index is 0.579. The van der Waals surface area contributed by atoms with Crippen LogP contribution in [0.25, 0.3) is 66.9 Å². The van der Waals surface area contributed by atoms with Crippen LogP contribution in [0.2, 0.25) is 5.15 Å². The summed E-state index contributed by atoms with van der Waals surface area (Å²) in [5, 5.41) is 15.5. The number of alkyl halides is 12. The third-order valence-corrected chi connectivity index (χ3v) is 28.7. The highest BCUT2D eigenvalue weighted by Crippen LogP contribution is 2.52. The van der Waals surface area contributed by atoms with Crippen LogP contribution in [0.15, 0.2) is 18.2 Å². The number of fused-ring (bicyclic) bond motifs is 12. The molecule has 21 heterocycles. The normalized spacial score (nSPS) is 28.7. The summed E-state index contributed by atoms with van der Waals surface area (Å²) in [6.07, 6.45) is -15.2. The molecule has 0 saturated carbocycles. The van der Waals surface area contributed by atoms with Crippen LogP contribution in [0.5, 0.6) is 18.0 Å². The zero-order valence-corrected chi connectivity index (χ0v) is 70.5. The van der Waals surface area contributed by atoms with Crippen molar-refractivity contribution in [2.45, 2.75) is 219 Å². The number of nitrogens with zero attached hydrogens (tertiary/aromatic N) is 18. The van der Waals surface area contributed by atoms with Gasteiger partial charge in [0.15, 0.2) is 17.5 Å². The topological polar surface area (TPSA) is 314 Å². The SMILES string of the molecule is Cc1cc(NC2CC[C@@]3(COc4nc(N5CC6CCC(C5)N6)c5c(F)nc(-c6nc(NC7CC[C@@]8(COc9nc(N%10CC%11CCC(C%10)N%11)c%10c(Cl)nc(-c%11nc(N)cc(C)c%11C(F)(F)F)c(F)c%10n9)C[C@@H](F)CN78)cc(C)c6C(F)(F)F)c(F)c5n4)C[C@@H](F)CN23)nc(-c2nc(N)c3c(N4CC5CCC(C4)N5)nc(OC[C@@]45CCCN4C[C@H](F)C5)nc3c2F)c1C(F)(F)F. The summed E-state index contributed by atoms with van der Waals surface area (Å²) in [6.45, 7) is 4.61. The van der Waals surface area contributed by atoms with Gasteiger partial charge >= 0.3 is 36.6 Å². The molecule has 21 rings (SSSR count). The molecule has 14 atom stereocenters. The van der Waals surface area contributed by atoms with Crippen molar-refractivity contribution in [3.8, 4) is 52.2 Å². The Kier molecular flexibility index (Phi) is 20.8. The molecule has 0 aromatic carbocycles. The lowest BCUT2D eigenvalue weighted by molar-refractivity contribution is -0.138. The monoisotopic (exact) mass is 1830 g/mol. The van der Waals surface area contributed by atoms with Crippen molar-refractivity contribution < 1.29 is 84.5 Å². The Morgan fingerprint density at radius 3 is 1.25 bits per heavy atom. The van der Waals surface area contributed by atoms with Gasteiger partial charge in [-0.2, -0.15) is 73.8 Å². The van der Waals surface area contributed by atoms with E-state index in [-0.39, 0.29) is 178 Å². The number of piperazine rings is 3. The van der Waals surface area contributed by atoms with E-state index < -0.39 is 210 Å². The molecule has 28 nitrogen and oxygen atoms in total. The summed E-state index contributed by atoms with van der Waals surface area (Å²) in [5.74, 6) is -7.07. The predicted octanol–water partition coefficient (Wildman–Crippen LogP) is 12.8. The van der Waals surface area contributed by atoms with Crippen LogP contribution < -0.4 is 67.0 Å². The van der Waals surface area contributed by atoms with Crippen molar-refractivity contribution in [3.63, 3.8) is 0 Å². The van der Waals surface area contributed by atoms with Crippen molar-refractivity contribution in [1.29, 1.82) is 0 Å². The lowest BCUT2D eigenvalue weighted by Crippen LogP contribution is -2.51. The summed E-state index contributed by atoms with van der Waals surface area (Å²) in [7, 11) is 0. The number of halogens is 17. The number of rotatable bonds is 19. The summed E-state index contributed by atoms with van der Waals surface area (Å²) >= 11 is 6.86. The molecule has 0 radical (unpaired) electrons. The molecule has 129 heavy (non-hydrogen) atoms. The highest BCUT2D eigenvalue weighted by atomic mass is 35.5. The number of nitrogens with two attached hydrogens (primary N) is 2. The van der Waals surface area contributed by atoms with E-state index in [0.29, 0.717) is 52.0 Å². The van der Waals surface area contributed by atoms with Crippen LogP contribution >= 0.6 is 11.6 Å². The zero-order valence-electron chi connectivity index (χ0n) is 69.7. The van der Waals surface area contributed by atoms with Gasteiger partial charge in [-0.05, 0) is 139 Å². The highest BCUT2D eigenvalue weighted by Gasteiger charge is 2.57. The van der Waals surface area contributed by atoms with Crippen molar-refractivity contribution in [2.75, 3.05) is 122 Å². The molecule has 9 aromatic heterocycles. The average molecular weight is 1840 g/mol. The molecule has 6 bridgehead atoms. The molecule has 0 aliphatic carbocycles. The van der Waals surface area contributed by atoms with E-state index in [1.807, 2.05) is 14.7 Å². The van der Waals surface area contributed by atoms with Crippen LogP contribution in [0.3, 0.4) is 0 Å². The second-order valence-electron chi connectivity index (χ2n) is 37.0. The van der Waals surface area contributed by atoms with Gasteiger partial charge in [-0.15, -0.1) is 0 Å². The fourth-order valence-corrected chi connectivity index (χ4v) is 23.3. The van der Waals surface area contributed by atoms with Gasteiger partial charge in [0, 0.05) is 114 Å². The molecule has 0 amide bonds. The number of hydrogen-bond donors (Lipinski definition) is 7. The number of nitrogens with one attached hydrogen (secondary N) is 5. The molecule has 686 valence electrons. The lowest BCUT2D eigenvalue weighted by atomic mass is 9.95. The molecule has 9 aromatic rings.